The number of amides is 1. The van der Waals surface area contributed by atoms with Crippen LogP contribution in [0.4, 0.5) is 0 Å². The summed E-state index contributed by atoms with van der Waals surface area (Å²) in [5.41, 5.74) is 2.76. The molecule has 1 heterocycles. The van der Waals surface area contributed by atoms with Crippen molar-refractivity contribution in [3.8, 4) is 11.8 Å². The molecule has 1 aliphatic rings. The summed E-state index contributed by atoms with van der Waals surface area (Å²) in [6, 6.07) is 17.4. The molecule has 1 fully saturated rings. The molecule has 0 aliphatic carbocycles. The standard InChI is InChI=1S/C21H23N3O2/c1-16-4-3-5-18(14-16)21(25)24-12-10-23(11-13-24)20(15-22)17-6-8-19(26-2)9-7-17/h3-9,14,20H,10-13H2,1-2H3/t20-/m1/s1. The molecule has 2 aromatic carbocycles. The molecule has 5 nitrogen and oxygen atoms in total. The molecule has 26 heavy (non-hydrogen) atoms. The quantitative estimate of drug-likeness (QED) is 0.851. The number of nitrogens with zero attached hydrogens (tertiary/aromatic N) is 3. The van der Waals surface area contributed by atoms with Gasteiger partial charge in [0.1, 0.15) is 11.8 Å². The molecule has 1 saturated heterocycles. The van der Waals surface area contributed by atoms with Gasteiger partial charge in [-0.2, -0.15) is 5.26 Å². The number of carbonyl (C=O) groups excluding carboxylic acids is 1. The Morgan fingerprint density at radius 2 is 1.81 bits per heavy atom. The van der Waals surface area contributed by atoms with Crippen molar-refractivity contribution in [2.75, 3.05) is 33.3 Å². The van der Waals surface area contributed by atoms with Gasteiger partial charge in [0, 0.05) is 31.7 Å². The fourth-order valence-corrected chi connectivity index (χ4v) is 3.30. The average molecular weight is 349 g/mol. The van der Waals surface area contributed by atoms with Gasteiger partial charge in [0.05, 0.1) is 13.2 Å². The number of piperazine rings is 1. The van der Waals surface area contributed by atoms with Gasteiger partial charge >= 0.3 is 0 Å². The second-order valence-corrected chi connectivity index (χ2v) is 6.50. The lowest BCUT2D eigenvalue weighted by Gasteiger charge is -2.37. The zero-order valence-electron chi connectivity index (χ0n) is 15.2. The van der Waals surface area contributed by atoms with E-state index in [-0.39, 0.29) is 11.9 Å². The molecule has 2 aromatic rings. The van der Waals surface area contributed by atoms with E-state index in [1.54, 1.807) is 7.11 Å². The van der Waals surface area contributed by atoms with E-state index in [9.17, 15) is 10.1 Å². The Kier molecular flexibility index (Phi) is 5.55. The van der Waals surface area contributed by atoms with E-state index in [2.05, 4.69) is 11.0 Å². The maximum atomic E-state index is 12.7. The van der Waals surface area contributed by atoms with Crippen LogP contribution in [0.1, 0.15) is 27.5 Å². The number of hydrogen-bond acceptors (Lipinski definition) is 4. The molecule has 3 rings (SSSR count). The first-order valence-electron chi connectivity index (χ1n) is 8.76. The van der Waals surface area contributed by atoms with Crippen LogP contribution in [0.5, 0.6) is 5.75 Å². The predicted octanol–water partition coefficient (Wildman–Crippen LogP) is 3.03. The van der Waals surface area contributed by atoms with E-state index < -0.39 is 0 Å². The average Bonchev–Trinajstić information content (AvgIpc) is 2.69. The molecule has 1 amide bonds. The number of hydrogen-bond donors (Lipinski definition) is 0. The van der Waals surface area contributed by atoms with Gasteiger partial charge in [-0.05, 0) is 36.8 Å². The summed E-state index contributed by atoms with van der Waals surface area (Å²) in [5, 5.41) is 9.64. The van der Waals surface area contributed by atoms with Gasteiger partial charge in [0.2, 0.25) is 0 Å². The zero-order valence-corrected chi connectivity index (χ0v) is 15.2. The van der Waals surface area contributed by atoms with Gasteiger partial charge in [-0.25, -0.2) is 0 Å². The maximum Gasteiger partial charge on any atom is 0.253 e. The second-order valence-electron chi connectivity index (χ2n) is 6.50. The molecule has 0 radical (unpaired) electrons. The Morgan fingerprint density at radius 3 is 2.38 bits per heavy atom. The number of aryl methyl sites for hydroxylation is 1. The van der Waals surface area contributed by atoms with Crippen LogP contribution in [0, 0.1) is 18.3 Å². The highest BCUT2D eigenvalue weighted by Crippen LogP contribution is 2.24. The molecule has 0 aromatic heterocycles. The first-order valence-corrected chi connectivity index (χ1v) is 8.76. The highest BCUT2D eigenvalue weighted by molar-refractivity contribution is 5.94. The van der Waals surface area contributed by atoms with Crippen LogP contribution >= 0.6 is 0 Å². The smallest absolute Gasteiger partial charge is 0.253 e. The molecule has 1 atom stereocenters. The van der Waals surface area contributed by atoms with E-state index in [1.165, 1.54) is 0 Å². The largest absolute Gasteiger partial charge is 0.497 e. The van der Waals surface area contributed by atoms with Crippen molar-refractivity contribution in [3.05, 3.63) is 65.2 Å². The Hall–Kier alpha value is -2.84. The van der Waals surface area contributed by atoms with Crippen LogP contribution in [0.15, 0.2) is 48.5 Å². The number of carbonyl (C=O) groups is 1. The molecule has 0 spiro atoms. The highest BCUT2D eigenvalue weighted by atomic mass is 16.5. The van der Waals surface area contributed by atoms with Gasteiger partial charge in [0.15, 0.2) is 0 Å². The van der Waals surface area contributed by atoms with Gasteiger partial charge < -0.3 is 9.64 Å². The first kappa shape index (κ1) is 18.0. The van der Waals surface area contributed by atoms with Crippen LogP contribution in [0.2, 0.25) is 0 Å². The molecule has 134 valence electrons. The SMILES string of the molecule is COc1ccc([C@@H](C#N)N2CCN(C(=O)c3cccc(C)c3)CC2)cc1. The lowest BCUT2D eigenvalue weighted by Crippen LogP contribution is -2.49. The minimum absolute atomic E-state index is 0.0614. The van der Waals surface area contributed by atoms with Crippen LogP contribution in [-0.4, -0.2) is 49.0 Å². The van der Waals surface area contributed by atoms with Crippen molar-refractivity contribution < 1.29 is 9.53 Å². The molecular weight excluding hydrogens is 326 g/mol. The minimum atomic E-state index is -0.308. The topological polar surface area (TPSA) is 56.6 Å². The Labute approximate surface area is 154 Å². The first-order chi connectivity index (χ1) is 12.6. The third kappa shape index (κ3) is 3.87. The third-order valence-corrected chi connectivity index (χ3v) is 4.79. The summed E-state index contributed by atoms with van der Waals surface area (Å²) in [5.74, 6) is 0.838. The van der Waals surface area contributed by atoms with E-state index in [0.29, 0.717) is 26.2 Å². The van der Waals surface area contributed by atoms with E-state index in [0.717, 1.165) is 22.4 Å². The number of benzene rings is 2. The number of nitriles is 1. The van der Waals surface area contributed by atoms with Crippen molar-refractivity contribution >= 4 is 5.91 Å². The van der Waals surface area contributed by atoms with Crippen LogP contribution in [-0.2, 0) is 0 Å². The van der Waals surface area contributed by atoms with E-state index in [4.69, 9.17) is 4.74 Å². The Balaban J connectivity index is 1.65. The molecular formula is C21H23N3O2. The lowest BCUT2D eigenvalue weighted by molar-refractivity contribution is 0.0606. The summed E-state index contributed by atoms with van der Waals surface area (Å²) in [7, 11) is 1.63. The Morgan fingerprint density at radius 1 is 1.12 bits per heavy atom. The molecule has 0 unspecified atom stereocenters. The molecule has 0 N–H and O–H groups in total. The van der Waals surface area contributed by atoms with Gasteiger partial charge in [-0.15, -0.1) is 0 Å². The van der Waals surface area contributed by atoms with Crippen molar-refractivity contribution in [1.29, 1.82) is 5.26 Å². The lowest BCUT2D eigenvalue weighted by atomic mass is 10.0. The van der Waals surface area contributed by atoms with Gasteiger partial charge in [-0.3, -0.25) is 9.69 Å². The van der Waals surface area contributed by atoms with Gasteiger partial charge in [-0.1, -0.05) is 29.8 Å². The summed E-state index contributed by atoms with van der Waals surface area (Å²) < 4.78 is 5.18. The fourth-order valence-electron chi connectivity index (χ4n) is 3.30. The van der Waals surface area contributed by atoms with E-state index in [1.807, 2.05) is 60.4 Å². The van der Waals surface area contributed by atoms with Gasteiger partial charge in [0.25, 0.3) is 5.91 Å². The molecule has 1 aliphatic heterocycles. The molecule has 0 bridgehead atoms. The maximum absolute atomic E-state index is 12.7. The van der Waals surface area contributed by atoms with Crippen molar-refractivity contribution in [3.63, 3.8) is 0 Å². The summed E-state index contributed by atoms with van der Waals surface area (Å²) in [4.78, 5) is 16.7. The normalized spacial score (nSPS) is 16.0. The summed E-state index contributed by atoms with van der Waals surface area (Å²) in [6.07, 6.45) is 0. The summed E-state index contributed by atoms with van der Waals surface area (Å²) in [6.45, 7) is 4.60. The number of methoxy groups -OCH3 is 1. The number of ether oxygens (including phenoxy) is 1. The highest BCUT2D eigenvalue weighted by Gasteiger charge is 2.27. The third-order valence-electron chi connectivity index (χ3n) is 4.79. The van der Waals surface area contributed by atoms with Crippen molar-refractivity contribution in [2.45, 2.75) is 13.0 Å². The summed E-state index contributed by atoms with van der Waals surface area (Å²) >= 11 is 0. The second kappa shape index (κ2) is 8.03. The van der Waals surface area contributed by atoms with E-state index >= 15 is 0 Å². The fraction of sp³-hybridized carbons (Fsp3) is 0.333. The molecule has 5 heteroatoms. The Bertz CT molecular complexity index is 803. The van der Waals surface area contributed by atoms with Crippen LogP contribution < -0.4 is 4.74 Å². The zero-order chi connectivity index (χ0) is 18.5. The minimum Gasteiger partial charge on any atom is -0.497 e. The molecule has 0 saturated carbocycles. The van der Waals surface area contributed by atoms with Crippen LogP contribution in [0.3, 0.4) is 0 Å². The number of rotatable bonds is 4. The monoisotopic (exact) mass is 349 g/mol. The predicted molar refractivity (Wildman–Crippen MR) is 100 cm³/mol. The van der Waals surface area contributed by atoms with Crippen molar-refractivity contribution in [1.82, 2.24) is 9.80 Å². The van der Waals surface area contributed by atoms with Crippen LogP contribution in [0.25, 0.3) is 0 Å². The van der Waals surface area contributed by atoms with Crippen molar-refractivity contribution in [2.24, 2.45) is 0 Å².